The molecule has 1 aromatic carbocycles. The number of hydrogen-bond donors (Lipinski definition) is 2. The van der Waals surface area contributed by atoms with Crippen LogP contribution in [0.5, 0.6) is 0 Å². The van der Waals surface area contributed by atoms with Crippen molar-refractivity contribution in [3.8, 4) is 0 Å². The number of benzene rings is 1. The molecule has 0 amide bonds. The Morgan fingerprint density at radius 1 is 1.22 bits per heavy atom. The maximum absolute atomic E-state index is 4.43. The summed E-state index contributed by atoms with van der Waals surface area (Å²) in [5, 5.41) is 6.41. The molecule has 2 rings (SSSR count). The molecule has 2 aromatic rings. The minimum atomic E-state index is 0.731. The topological polar surface area (TPSA) is 49.8 Å². The standard InChI is InChI=1S/C13H15BrN4/c1-3-16-12-7-15-8-13(18-12)17-11-6-10(14)5-4-9(11)2/h4-8H,3H2,1-2H3,(H2,16,17,18). The molecule has 0 aliphatic carbocycles. The first-order valence-electron chi connectivity index (χ1n) is 5.78. The van der Waals surface area contributed by atoms with Gasteiger partial charge in [-0.15, -0.1) is 0 Å². The quantitative estimate of drug-likeness (QED) is 0.904. The van der Waals surface area contributed by atoms with Crippen molar-refractivity contribution in [2.45, 2.75) is 13.8 Å². The molecule has 0 saturated heterocycles. The van der Waals surface area contributed by atoms with Crippen LogP contribution in [-0.2, 0) is 0 Å². The van der Waals surface area contributed by atoms with Crippen molar-refractivity contribution in [1.82, 2.24) is 9.97 Å². The van der Waals surface area contributed by atoms with Crippen molar-refractivity contribution in [1.29, 1.82) is 0 Å². The van der Waals surface area contributed by atoms with Crippen molar-refractivity contribution in [2.24, 2.45) is 0 Å². The van der Waals surface area contributed by atoms with Crippen LogP contribution in [0.1, 0.15) is 12.5 Å². The van der Waals surface area contributed by atoms with E-state index in [1.165, 1.54) is 0 Å². The van der Waals surface area contributed by atoms with E-state index in [2.05, 4.69) is 43.5 Å². The van der Waals surface area contributed by atoms with Crippen LogP contribution < -0.4 is 10.6 Å². The lowest BCUT2D eigenvalue weighted by Crippen LogP contribution is -2.02. The van der Waals surface area contributed by atoms with Crippen LogP contribution >= 0.6 is 15.9 Å². The van der Waals surface area contributed by atoms with Gasteiger partial charge in [0.2, 0.25) is 0 Å². The molecular weight excluding hydrogens is 292 g/mol. The Morgan fingerprint density at radius 3 is 2.78 bits per heavy atom. The number of nitrogens with zero attached hydrogens (tertiary/aromatic N) is 2. The van der Waals surface area contributed by atoms with Crippen LogP contribution in [0.15, 0.2) is 35.1 Å². The van der Waals surface area contributed by atoms with Gasteiger partial charge in [-0.1, -0.05) is 22.0 Å². The van der Waals surface area contributed by atoms with Gasteiger partial charge in [-0.25, -0.2) is 4.98 Å². The molecule has 1 heterocycles. The first-order chi connectivity index (χ1) is 8.69. The molecule has 0 radical (unpaired) electrons. The molecule has 4 nitrogen and oxygen atoms in total. The Hall–Kier alpha value is -1.62. The number of nitrogens with one attached hydrogen (secondary N) is 2. The number of halogens is 1. The van der Waals surface area contributed by atoms with E-state index < -0.39 is 0 Å². The van der Waals surface area contributed by atoms with Crippen LogP contribution in [0.3, 0.4) is 0 Å². The predicted molar refractivity (Wildman–Crippen MR) is 78.4 cm³/mol. The third-order valence-electron chi connectivity index (χ3n) is 2.45. The molecule has 2 N–H and O–H groups in total. The number of aryl methyl sites for hydroxylation is 1. The Morgan fingerprint density at radius 2 is 2.00 bits per heavy atom. The van der Waals surface area contributed by atoms with Gasteiger partial charge >= 0.3 is 0 Å². The fourth-order valence-electron chi connectivity index (χ4n) is 1.56. The van der Waals surface area contributed by atoms with E-state index >= 15 is 0 Å². The van der Waals surface area contributed by atoms with Crippen LogP contribution in [0.4, 0.5) is 17.3 Å². The molecule has 0 fully saturated rings. The second kappa shape index (κ2) is 5.82. The first-order valence-corrected chi connectivity index (χ1v) is 6.57. The smallest absolute Gasteiger partial charge is 0.151 e. The fourth-order valence-corrected chi connectivity index (χ4v) is 1.92. The van der Waals surface area contributed by atoms with Gasteiger partial charge in [0.25, 0.3) is 0 Å². The van der Waals surface area contributed by atoms with Gasteiger partial charge in [0.1, 0.15) is 5.82 Å². The van der Waals surface area contributed by atoms with Crippen LogP contribution in [0.2, 0.25) is 0 Å². The Labute approximate surface area is 115 Å². The highest BCUT2D eigenvalue weighted by molar-refractivity contribution is 9.10. The molecular formula is C13H15BrN4. The molecule has 18 heavy (non-hydrogen) atoms. The highest BCUT2D eigenvalue weighted by atomic mass is 79.9. The summed E-state index contributed by atoms with van der Waals surface area (Å²) in [6, 6.07) is 6.09. The lowest BCUT2D eigenvalue weighted by Gasteiger charge is -2.10. The van der Waals surface area contributed by atoms with Crippen molar-refractivity contribution in [2.75, 3.05) is 17.2 Å². The van der Waals surface area contributed by atoms with Gasteiger partial charge in [-0.05, 0) is 31.5 Å². The SMILES string of the molecule is CCNc1cncc(Nc2cc(Br)ccc2C)n1. The molecule has 1 aromatic heterocycles. The number of anilines is 3. The average Bonchev–Trinajstić information content (AvgIpc) is 2.35. The second-order valence-corrected chi connectivity index (χ2v) is 4.82. The Kier molecular flexibility index (Phi) is 4.15. The van der Waals surface area contributed by atoms with E-state index in [-0.39, 0.29) is 0 Å². The summed E-state index contributed by atoms with van der Waals surface area (Å²) < 4.78 is 1.03. The molecule has 0 unspecified atom stereocenters. The molecule has 0 bridgehead atoms. The third kappa shape index (κ3) is 3.20. The summed E-state index contributed by atoms with van der Waals surface area (Å²) in [5.41, 5.74) is 2.18. The van der Waals surface area contributed by atoms with Crippen molar-refractivity contribution >= 4 is 33.3 Å². The lowest BCUT2D eigenvalue weighted by atomic mass is 10.2. The molecule has 0 aliphatic heterocycles. The minimum absolute atomic E-state index is 0.731. The zero-order valence-corrected chi connectivity index (χ0v) is 12.0. The number of aromatic nitrogens is 2. The zero-order chi connectivity index (χ0) is 13.0. The van der Waals surface area contributed by atoms with E-state index in [0.29, 0.717) is 0 Å². The molecule has 0 saturated carbocycles. The molecule has 0 aliphatic rings. The van der Waals surface area contributed by atoms with Gasteiger partial charge in [0.05, 0.1) is 12.4 Å². The summed E-state index contributed by atoms with van der Waals surface area (Å²) >= 11 is 3.46. The van der Waals surface area contributed by atoms with Gasteiger partial charge in [0.15, 0.2) is 5.82 Å². The summed E-state index contributed by atoms with van der Waals surface area (Å²) in [4.78, 5) is 8.58. The Bertz CT molecular complexity index is 542. The largest absolute Gasteiger partial charge is 0.369 e. The highest BCUT2D eigenvalue weighted by Gasteiger charge is 2.02. The lowest BCUT2D eigenvalue weighted by molar-refractivity contribution is 1.12. The van der Waals surface area contributed by atoms with Gasteiger partial charge in [0, 0.05) is 16.7 Å². The molecule has 0 atom stereocenters. The summed E-state index contributed by atoms with van der Waals surface area (Å²) in [6.45, 7) is 4.91. The highest BCUT2D eigenvalue weighted by Crippen LogP contribution is 2.23. The van der Waals surface area contributed by atoms with Crippen LogP contribution in [0.25, 0.3) is 0 Å². The zero-order valence-electron chi connectivity index (χ0n) is 10.4. The maximum atomic E-state index is 4.43. The first kappa shape index (κ1) is 12.8. The number of hydrogen-bond acceptors (Lipinski definition) is 4. The molecule has 5 heteroatoms. The van der Waals surface area contributed by atoms with Crippen LogP contribution in [-0.4, -0.2) is 16.5 Å². The predicted octanol–water partition coefficient (Wildman–Crippen LogP) is 3.72. The van der Waals surface area contributed by atoms with Crippen molar-refractivity contribution < 1.29 is 0 Å². The third-order valence-corrected chi connectivity index (χ3v) is 2.95. The normalized spacial score (nSPS) is 10.2. The molecule has 94 valence electrons. The van der Waals surface area contributed by atoms with Crippen molar-refractivity contribution in [3.05, 3.63) is 40.6 Å². The van der Waals surface area contributed by atoms with E-state index in [1.807, 2.05) is 25.1 Å². The summed E-state index contributed by atoms with van der Waals surface area (Å²) in [6.07, 6.45) is 3.42. The summed E-state index contributed by atoms with van der Waals surface area (Å²) in [5.74, 6) is 1.50. The molecule has 0 spiro atoms. The van der Waals surface area contributed by atoms with Gasteiger partial charge in [-0.3, -0.25) is 4.98 Å². The van der Waals surface area contributed by atoms with Gasteiger partial charge in [-0.2, -0.15) is 0 Å². The van der Waals surface area contributed by atoms with E-state index in [0.717, 1.165) is 33.9 Å². The fraction of sp³-hybridized carbons (Fsp3) is 0.231. The van der Waals surface area contributed by atoms with E-state index in [1.54, 1.807) is 12.4 Å². The second-order valence-electron chi connectivity index (χ2n) is 3.90. The summed E-state index contributed by atoms with van der Waals surface area (Å²) in [7, 11) is 0. The Balaban J connectivity index is 2.22. The van der Waals surface area contributed by atoms with Crippen LogP contribution in [0, 0.1) is 6.92 Å². The van der Waals surface area contributed by atoms with E-state index in [4.69, 9.17) is 0 Å². The number of rotatable bonds is 4. The minimum Gasteiger partial charge on any atom is -0.369 e. The monoisotopic (exact) mass is 306 g/mol. The maximum Gasteiger partial charge on any atom is 0.151 e. The van der Waals surface area contributed by atoms with Gasteiger partial charge < -0.3 is 10.6 Å². The van der Waals surface area contributed by atoms with E-state index in [9.17, 15) is 0 Å². The average molecular weight is 307 g/mol. The van der Waals surface area contributed by atoms with Crippen molar-refractivity contribution in [3.63, 3.8) is 0 Å².